The lowest BCUT2D eigenvalue weighted by molar-refractivity contribution is -0.139. The van der Waals surface area contributed by atoms with Gasteiger partial charge in [0.2, 0.25) is 5.91 Å². The predicted octanol–water partition coefficient (Wildman–Crippen LogP) is -0.364. The fraction of sp³-hybridized carbons (Fsp3) is 0.357. The third-order valence-electron chi connectivity index (χ3n) is 2.96. The van der Waals surface area contributed by atoms with Crippen LogP contribution in [0.25, 0.3) is 0 Å². The molecule has 2 amide bonds. The molecule has 7 nitrogen and oxygen atoms in total. The lowest BCUT2D eigenvalue weighted by atomic mass is 10.0. The minimum atomic E-state index is -1.21. The zero-order valence-corrected chi connectivity index (χ0v) is 11.5. The molecule has 0 aliphatic rings. The number of rotatable bonds is 8. The number of nitrogens with two attached hydrogens (primary N) is 2. The van der Waals surface area contributed by atoms with Crippen molar-refractivity contribution in [2.75, 3.05) is 6.54 Å². The monoisotopic (exact) mass is 293 g/mol. The zero-order valence-electron chi connectivity index (χ0n) is 11.5. The maximum absolute atomic E-state index is 12.2. The number of amides is 2. The highest BCUT2D eigenvalue weighted by molar-refractivity contribution is 5.98. The van der Waals surface area contributed by atoms with E-state index in [1.54, 1.807) is 24.3 Å². The van der Waals surface area contributed by atoms with Gasteiger partial charge in [-0.25, -0.2) is 4.79 Å². The second kappa shape index (κ2) is 8.01. The highest BCUT2D eigenvalue weighted by atomic mass is 16.4. The van der Waals surface area contributed by atoms with Crippen LogP contribution in [-0.2, 0) is 16.0 Å². The molecule has 0 saturated heterocycles. The highest BCUT2D eigenvalue weighted by Crippen LogP contribution is 2.10. The summed E-state index contributed by atoms with van der Waals surface area (Å²) in [4.78, 5) is 34.0. The average Bonchev–Trinajstić information content (AvgIpc) is 2.43. The van der Waals surface area contributed by atoms with Crippen molar-refractivity contribution < 1.29 is 19.5 Å². The van der Waals surface area contributed by atoms with Crippen LogP contribution in [0.4, 0.5) is 0 Å². The Hall–Kier alpha value is -2.41. The number of hydrogen-bond acceptors (Lipinski definition) is 4. The smallest absolute Gasteiger partial charge is 0.326 e. The molecule has 1 rings (SSSR count). The molecular formula is C14H19N3O4. The molecule has 1 aromatic carbocycles. The van der Waals surface area contributed by atoms with Gasteiger partial charge in [0.15, 0.2) is 0 Å². The molecule has 0 heterocycles. The van der Waals surface area contributed by atoms with E-state index < -0.39 is 23.8 Å². The second-order valence-electron chi connectivity index (χ2n) is 4.57. The molecule has 6 N–H and O–H groups in total. The van der Waals surface area contributed by atoms with E-state index in [-0.39, 0.29) is 12.8 Å². The standard InChI is InChI=1S/C14H19N3O4/c15-8-7-9-3-1-2-4-10(9)13(19)17-11(14(20)21)5-6-12(16)18/h1-4,11H,5-8,15H2,(H2,16,18)(H,17,19)(H,20,21). The summed E-state index contributed by atoms with van der Waals surface area (Å²) in [5, 5.41) is 11.5. The average molecular weight is 293 g/mol. The topological polar surface area (TPSA) is 136 Å². The van der Waals surface area contributed by atoms with Crippen LogP contribution in [-0.4, -0.2) is 35.5 Å². The van der Waals surface area contributed by atoms with Crippen molar-refractivity contribution >= 4 is 17.8 Å². The summed E-state index contributed by atoms with van der Waals surface area (Å²) in [6.45, 7) is 0.383. The Labute approximate surface area is 122 Å². The first kappa shape index (κ1) is 16.6. The van der Waals surface area contributed by atoms with Crippen molar-refractivity contribution in [2.24, 2.45) is 11.5 Å². The van der Waals surface area contributed by atoms with Gasteiger partial charge in [-0.05, 0) is 31.0 Å². The van der Waals surface area contributed by atoms with Gasteiger partial charge in [0, 0.05) is 12.0 Å². The number of primary amides is 1. The quantitative estimate of drug-likeness (QED) is 0.519. The molecule has 1 unspecified atom stereocenters. The van der Waals surface area contributed by atoms with Gasteiger partial charge in [-0.3, -0.25) is 9.59 Å². The molecule has 0 aliphatic heterocycles. The van der Waals surface area contributed by atoms with Crippen molar-refractivity contribution in [1.29, 1.82) is 0 Å². The lowest BCUT2D eigenvalue weighted by Crippen LogP contribution is -2.41. The Morgan fingerprint density at radius 1 is 1.24 bits per heavy atom. The summed E-state index contributed by atoms with van der Waals surface area (Å²) in [7, 11) is 0. The van der Waals surface area contributed by atoms with Crippen molar-refractivity contribution in [3.05, 3.63) is 35.4 Å². The first-order valence-electron chi connectivity index (χ1n) is 6.55. The summed E-state index contributed by atoms with van der Waals surface area (Å²) in [5.41, 5.74) is 11.6. The molecule has 1 atom stereocenters. The van der Waals surface area contributed by atoms with Crippen molar-refractivity contribution in [2.45, 2.75) is 25.3 Å². The van der Waals surface area contributed by atoms with E-state index in [1.165, 1.54) is 0 Å². The second-order valence-corrected chi connectivity index (χ2v) is 4.57. The molecule has 114 valence electrons. The third kappa shape index (κ3) is 5.23. The van der Waals surface area contributed by atoms with E-state index in [0.29, 0.717) is 18.5 Å². The molecule has 0 radical (unpaired) electrons. The van der Waals surface area contributed by atoms with Crippen LogP contribution in [0.3, 0.4) is 0 Å². The van der Waals surface area contributed by atoms with E-state index in [9.17, 15) is 14.4 Å². The fourth-order valence-corrected chi connectivity index (χ4v) is 1.90. The van der Waals surface area contributed by atoms with E-state index in [1.807, 2.05) is 0 Å². The van der Waals surface area contributed by atoms with E-state index >= 15 is 0 Å². The maximum atomic E-state index is 12.2. The van der Waals surface area contributed by atoms with Crippen LogP contribution >= 0.6 is 0 Å². The van der Waals surface area contributed by atoms with Crippen molar-refractivity contribution in [3.63, 3.8) is 0 Å². The Balaban J connectivity index is 2.82. The Kier molecular flexibility index (Phi) is 6.35. The maximum Gasteiger partial charge on any atom is 0.326 e. The van der Waals surface area contributed by atoms with Crippen LogP contribution < -0.4 is 16.8 Å². The number of carboxylic acid groups (broad SMARTS) is 1. The summed E-state index contributed by atoms with van der Waals surface area (Å²) in [6, 6.07) is 5.68. The van der Waals surface area contributed by atoms with Gasteiger partial charge in [0.1, 0.15) is 6.04 Å². The number of hydrogen-bond donors (Lipinski definition) is 4. The Morgan fingerprint density at radius 3 is 2.48 bits per heavy atom. The van der Waals surface area contributed by atoms with Gasteiger partial charge in [-0.1, -0.05) is 18.2 Å². The fourth-order valence-electron chi connectivity index (χ4n) is 1.90. The number of carbonyl (C=O) groups excluding carboxylic acids is 2. The summed E-state index contributed by atoms with van der Waals surface area (Å²) < 4.78 is 0. The highest BCUT2D eigenvalue weighted by Gasteiger charge is 2.22. The van der Waals surface area contributed by atoms with Crippen LogP contribution in [0.1, 0.15) is 28.8 Å². The summed E-state index contributed by atoms with van der Waals surface area (Å²) in [6.07, 6.45) is 0.361. The predicted molar refractivity (Wildman–Crippen MR) is 76.5 cm³/mol. The van der Waals surface area contributed by atoms with Crippen LogP contribution in [0.5, 0.6) is 0 Å². The Morgan fingerprint density at radius 2 is 1.90 bits per heavy atom. The minimum absolute atomic E-state index is 0.0462. The summed E-state index contributed by atoms with van der Waals surface area (Å²) in [5.74, 6) is -2.32. The van der Waals surface area contributed by atoms with Crippen LogP contribution in [0.2, 0.25) is 0 Å². The zero-order chi connectivity index (χ0) is 15.8. The Bertz CT molecular complexity index is 531. The first-order chi connectivity index (χ1) is 9.95. The normalized spacial score (nSPS) is 11.7. The number of benzene rings is 1. The molecular weight excluding hydrogens is 274 g/mol. The SMILES string of the molecule is NCCc1ccccc1C(=O)NC(CCC(N)=O)C(=O)O. The van der Waals surface area contributed by atoms with Gasteiger partial charge >= 0.3 is 5.97 Å². The number of carbonyl (C=O) groups is 3. The number of nitrogens with one attached hydrogen (secondary N) is 1. The first-order valence-corrected chi connectivity index (χ1v) is 6.55. The molecule has 21 heavy (non-hydrogen) atoms. The lowest BCUT2D eigenvalue weighted by Gasteiger charge is -2.15. The van der Waals surface area contributed by atoms with Gasteiger partial charge in [0.25, 0.3) is 5.91 Å². The molecule has 0 aliphatic carbocycles. The number of carboxylic acids is 1. The van der Waals surface area contributed by atoms with Gasteiger partial charge in [0.05, 0.1) is 0 Å². The van der Waals surface area contributed by atoms with Crippen LogP contribution in [0, 0.1) is 0 Å². The minimum Gasteiger partial charge on any atom is -0.480 e. The molecule has 0 spiro atoms. The third-order valence-corrected chi connectivity index (χ3v) is 2.96. The molecule has 0 fully saturated rings. The van der Waals surface area contributed by atoms with Gasteiger partial charge in [-0.15, -0.1) is 0 Å². The largest absolute Gasteiger partial charge is 0.480 e. The summed E-state index contributed by atoms with van der Waals surface area (Å²) >= 11 is 0. The van der Waals surface area contributed by atoms with E-state index in [2.05, 4.69) is 5.32 Å². The number of aliphatic carboxylic acids is 1. The molecule has 0 saturated carbocycles. The van der Waals surface area contributed by atoms with E-state index in [0.717, 1.165) is 5.56 Å². The van der Waals surface area contributed by atoms with E-state index in [4.69, 9.17) is 16.6 Å². The van der Waals surface area contributed by atoms with Crippen molar-refractivity contribution in [1.82, 2.24) is 5.32 Å². The van der Waals surface area contributed by atoms with Crippen molar-refractivity contribution in [3.8, 4) is 0 Å². The van der Waals surface area contributed by atoms with Gasteiger partial charge < -0.3 is 21.9 Å². The molecule has 0 aromatic heterocycles. The van der Waals surface area contributed by atoms with Crippen LogP contribution in [0.15, 0.2) is 24.3 Å². The molecule has 1 aromatic rings. The molecule has 0 bridgehead atoms. The van der Waals surface area contributed by atoms with Gasteiger partial charge in [-0.2, -0.15) is 0 Å². The molecule has 7 heteroatoms.